The van der Waals surface area contributed by atoms with Gasteiger partial charge >= 0.3 is 0 Å². The van der Waals surface area contributed by atoms with Crippen LogP contribution in [0.3, 0.4) is 0 Å². The van der Waals surface area contributed by atoms with Crippen LogP contribution in [-0.2, 0) is 10.0 Å². The van der Waals surface area contributed by atoms with Crippen molar-refractivity contribution in [2.45, 2.75) is 39.5 Å². The second-order valence-corrected chi connectivity index (χ2v) is 6.89. The van der Waals surface area contributed by atoms with Crippen molar-refractivity contribution in [3.05, 3.63) is 0 Å². The first-order valence-electron chi connectivity index (χ1n) is 6.78. The molecule has 0 aliphatic carbocycles. The maximum atomic E-state index is 12.0. The summed E-state index contributed by atoms with van der Waals surface area (Å²) < 4.78 is 25.8. The Balaban J connectivity index is 2.26. The van der Waals surface area contributed by atoms with Gasteiger partial charge in [-0.3, -0.25) is 0 Å². The molecule has 0 radical (unpaired) electrons. The molecule has 0 amide bonds. The van der Waals surface area contributed by atoms with Gasteiger partial charge in [-0.2, -0.15) is 0 Å². The molecule has 102 valence electrons. The average Bonchev–Trinajstić information content (AvgIpc) is 2.78. The van der Waals surface area contributed by atoms with E-state index in [1.54, 1.807) is 4.31 Å². The van der Waals surface area contributed by atoms with Gasteiger partial charge in [-0.25, -0.2) is 12.7 Å². The third kappa shape index (κ3) is 4.94. The summed E-state index contributed by atoms with van der Waals surface area (Å²) in [4.78, 5) is 0. The highest BCUT2D eigenvalue weighted by Crippen LogP contribution is 2.22. The molecule has 0 aromatic carbocycles. The molecule has 1 fully saturated rings. The van der Waals surface area contributed by atoms with E-state index in [1.165, 1.54) is 0 Å². The molecule has 1 N–H and O–H groups in total. The highest BCUT2D eigenvalue weighted by atomic mass is 32.2. The molecule has 1 aliphatic rings. The summed E-state index contributed by atoms with van der Waals surface area (Å²) in [5, 5.41) is 3.21. The van der Waals surface area contributed by atoms with E-state index in [-0.39, 0.29) is 0 Å². The standard InChI is InChI=1S/C12H26N2O2S/c1-3-12-7-9-14(11-12)17(15,16)10-6-5-8-13-4-2/h12-13H,3-11H2,1-2H3. The van der Waals surface area contributed by atoms with E-state index < -0.39 is 10.0 Å². The smallest absolute Gasteiger partial charge is 0.214 e. The van der Waals surface area contributed by atoms with Crippen LogP contribution in [0, 0.1) is 5.92 Å². The molecule has 0 spiro atoms. The summed E-state index contributed by atoms with van der Waals surface area (Å²) in [5.74, 6) is 0.890. The van der Waals surface area contributed by atoms with Crippen molar-refractivity contribution in [1.29, 1.82) is 0 Å². The van der Waals surface area contributed by atoms with E-state index in [9.17, 15) is 8.42 Å². The van der Waals surface area contributed by atoms with Crippen LogP contribution in [0.15, 0.2) is 0 Å². The van der Waals surface area contributed by atoms with Crippen molar-refractivity contribution in [3.8, 4) is 0 Å². The Labute approximate surface area is 106 Å². The number of rotatable bonds is 8. The molecule has 0 aromatic heterocycles. The van der Waals surface area contributed by atoms with Crippen LogP contribution in [0.1, 0.15) is 39.5 Å². The summed E-state index contributed by atoms with van der Waals surface area (Å²) in [6, 6.07) is 0. The van der Waals surface area contributed by atoms with Crippen LogP contribution in [0.25, 0.3) is 0 Å². The molecule has 17 heavy (non-hydrogen) atoms. The largest absolute Gasteiger partial charge is 0.317 e. The van der Waals surface area contributed by atoms with Gasteiger partial charge in [-0.15, -0.1) is 0 Å². The predicted molar refractivity (Wildman–Crippen MR) is 71.5 cm³/mol. The topological polar surface area (TPSA) is 49.4 Å². The van der Waals surface area contributed by atoms with Gasteiger partial charge in [0.2, 0.25) is 10.0 Å². The zero-order valence-electron chi connectivity index (χ0n) is 11.1. The molecule has 5 heteroatoms. The van der Waals surface area contributed by atoms with E-state index in [1.807, 2.05) is 0 Å². The molecular formula is C12H26N2O2S. The molecule has 4 nitrogen and oxygen atoms in total. The Bertz CT molecular complexity index is 304. The first kappa shape index (κ1) is 14.9. The van der Waals surface area contributed by atoms with Crippen LogP contribution in [0.4, 0.5) is 0 Å². The molecule has 1 heterocycles. The third-order valence-electron chi connectivity index (χ3n) is 3.48. The minimum Gasteiger partial charge on any atom is -0.317 e. The summed E-state index contributed by atoms with van der Waals surface area (Å²) >= 11 is 0. The fourth-order valence-corrected chi connectivity index (χ4v) is 3.87. The van der Waals surface area contributed by atoms with Gasteiger partial charge in [0.15, 0.2) is 0 Å². The van der Waals surface area contributed by atoms with E-state index >= 15 is 0 Å². The van der Waals surface area contributed by atoms with E-state index in [0.29, 0.717) is 11.7 Å². The van der Waals surface area contributed by atoms with Crippen molar-refractivity contribution in [2.24, 2.45) is 5.92 Å². The van der Waals surface area contributed by atoms with Gasteiger partial charge in [-0.1, -0.05) is 20.3 Å². The number of sulfonamides is 1. The van der Waals surface area contributed by atoms with Crippen molar-refractivity contribution in [2.75, 3.05) is 31.9 Å². The lowest BCUT2D eigenvalue weighted by Gasteiger charge is -2.16. The molecule has 0 saturated carbocycles. The fraction of sp³-hybridized carbons (Fsp3) is 1.00. The average molecular weight is 262 g/mol. The zero-order valence-corrected chi connectivity index (χ0v) is 11.9. The maximum absolute atomic E-state index is 12.0. The first-order chi connectivity index (χ1) is 8.10. The Kier molecular flexibility index (Phi) is 6.44. The molecule has 1 aliphatic heterocycles. The van der Waals surface area contributed by atoms with Crippen LogP contribution < -0.4 is 5.32 Å². The van der Waals surface area contributed by atoms with Crippen LogP contribution in [0.5, 0.6) is 0 Å². The maximum Gasteiger partial charge on any atom is 0.214 e. The van der Waals surface area contributed by atoms with Crippen LogP contribution in [-0.4, -0.2) is 44.7 Å². The van der Waals surface area contributed by atoms with Crippen molar-refractivity contribution < 1.29 is 8.42 Å². The lowest BCUT2D eigenvalue weighted by molar-refractivity contribution is 0.451. The summed E-state index contributed by atoms with van der Waals surface area (Å²) in [6.45, 7) is 7.55. The second kappa shape index (κ2) is 7.34. The van der Waals surface area contributed by atoms with Gasteiger partial charge in [0, 0.05) is 13.1 Å². The Morgan fingerprint density at radius 2 is 2.06 bits per heavy atom. The summed E-state index contributed by atoms with van der Waals surface area (Å²) in [5.41, 5.74) is 0. The van der Waals surface area contributed by atoms with Gasteiger partial charge in [0.05, 0.1) is 5.75 Å². The molecule has 0 bridgehead atoms. The van der Waals surface area contributed by atoms with Crippen LogP contribution >= 0.6 is 0 Å². The zero-order chi connectivity index (χ0) is 12.7. The van der Waals surface area contributed by atoms with Crippen molar-refractivity contribution in [3.63, 3.8) is 0 Å². The summed E-state index contributed by atoms with van der Waals surface area (Å²) in [7, 11) is -2.98. The first-order valence-corrected chi connectivity index (χ1v) is 8.39. The normalized spacial score (nSPS) is 22.1. The molecule has 1 unspecified atom stereocenters. The molecule has 1 rings (SSSR count). The Morgan fingerprint density at radius 3 is 2.65 bits per heavy atom. The Hall–Kier alpha value is -0.130. The molecular weight excluding hydrogens is 236 g/mol. The minimum atomic E-state index is -2.98. The number of hydrogen-bond acceptors (Lipinski definition) is 3. The fourth-order valence-electron chi connectivity index (χ4n) is 2.22. The monoisotopic (exact) mass is 262 g/mol. The molecule has 1 atom stereocenters. The van der Waals surface area contributed by atoms with E-state index in [0.717, 1.165) is 51.9 Å². The molecule has 0 aromatic rings. The predicted octanol–water partition coefficient (Wildman–Crippen LogP) is 1.44. The lowest BCUT2D eigenvalue weighted by atomic mass is 10.1. The highest BCUT2D eigenvalue weighted by Gasteiger charge is 2.29. The second-order valence-electron chi connectivity index (χ2n) is 4.80. The molecule has 1 saturated heterocycles. The van der Waals surface area contributed by atoms with E-state index in [2.05, 4.69) is 19.2 Å². The quantitative estimate of drug-likeness (QED) is 0.673. The van der Waals surface area contributed by atoms with Gasteiger partial charge in [0.1, 0.15) is 0 Å². The number of hydrogen-bond donors (Lipinski definition) is 1. The van der Waals surface area contributed by atoms with Crippen molar-refractivity contribution in [1.82, 2.24) is 9.62 Å². The number of nitrogens with zero attached hydrogens (tertiary/aromatic N) is 1. The number of unbranched alkanes of at least 4 members (excludes halogenated alkanes) is 1. The van der Waals surface area contributed by atoms with Crippen molar-refractivity contribution >= 4 is 10.0 Å². The van der Waals surface area contributed by atoms with Gasteiger partial charge < -0.3 is 5.32 Å². The lowest BCUT2D eigenvalue weighted by Crippen LogP contribution is -2.31. The van der Waals surface area contributed by atoms with Crippen LogP contribution in [0.2, 0.25) is 0 Å². The third-order valence-corrected chi connectivity index (χ3v) is 5.40. The Morgan fingerprint density at radius 1 is 1.29 bits per heavy atom. The van der Waals surface area contributed by atoms with E-state index in [4.69, 9.17) is 0 Å². The SMILES string of the molecule is CCNCCCCS(=O)(=O)N1CCC(CC)C1. The highest BCUT2D eigenvalue weighted by molar-refractivity contribution is 7.89. The van der Waals surface area contributed by atoms with Gasteiger partial charge in [-0.05, 0) is 38.3 Å². The minimum absolute atomic E-state index is 0.314. The number of nitrogens with one attached hydrogen (secondary N) is 1. The van der Waals surface area contributed by atoms with Gasteiger partial charge in [0.25, 0.3) is 0 Å². The summed E-state index contributed by atoms with van der Waals surface area (Å²) in [6.07, 6.45) is 3.83.